The average Bonchev–Trinajstić information content (AvgIpc) is 1.96. The number of nitrogens with zero attached hydrogens (tertiary/aromatic N) is 1. The Morgan fingerprint density at radius 3 is 2.58 bits per heavy atom. The lowest BCUT2D eigenvalue weighted by Crippen LogP contribution is -2.02. The molecule has 66 valence electrons. The van der Waals surface area contributed by atoms with Crippen molar-refractivity contribution in [2.45, 2.75) is 13.3 Å². The van der Waals surface area contributed by atoms with Crippen LogP contribution in [-0.4, -0.2) is 4.98 Å². The first-order chi connectivity index (χ1) is 5.52. The van der Waals surface area contributed by atoms with Gasteiger partial charge in [-0.15, -0.1) is 0 Å². The summed E-state index contributed by atoms with van der Waals surface area (Å²) < 4.78 is 36.9. The fourth-order valence-electron chi connectivity index (χ4n) is 0.852. The summed E-state index contributed by atoms with van der Waals surface area (Å²) in [4.78, 5) is 3.19. The zero-order valence-electron chi connectivity index (χ0n) is 6.31. The monoisotopic (exact) mass is 176 g/mol. The van der Waals surface area contributed by atoms with Crippen LogP contribution in [0.2, 0.25) is 0 Å². The van der Waals surface area contributed by atoms with Crippen molar-refractivity contribution in [2.75, 3.05) is 5.73 Å². The number of aromatic nitrogens is 1. The first kappa shape index (κ1) is 8.83. The van der Waals surface area contributed by atoms with Gasteiger partial charge in [0.15, 0.2) is 5.82 Å². The van der Waals surface area contributed by atoms with Gasteiger partial charge in [-0.05, 0) is 18.6 Å². The van der Waals surface area contributed by atoms with Crippen LogP contribution in [-0.2, 0) is 0 Å². The van der Waals surface area contributed by atoms with Crippen LogP contribution in [0, 0.1) is 12.7 Å². The highest BCUT2D eigenvalue weighted by molar-refractivity contribution is 5.35. The molecule has 2 N–H and O–H groups in total. The number of alkyl halides is 2. The van der Waals surface area contributed by atoms with Crippen LogP contribution < -0.4 is 5.73 Å². The van der Waals surface area contributed by atoms with E-state index in [0.717, 1.165) is 0 Å². The van der Waals surface area contributed by atoms with Gasteiger partial charge in [-0.25, -0.2) is 18.2 Å². The maximum atomic E-state index is 12.8. The topological polar surface area (TPSA) is 38.9 Å². The van der Waals surface area contributed by atoms with Crippen molar-refractivity contribution in [1.29, 1.82) is 0 Å². The second-order valence-electron chi connectivity index (χ2n) is 2.36. The number of nitrogens with two attached hydrogens (primary N) is 1. The molecule has 2 nitrogen and oxygen atoms in total. The van der Waals surface area contributed by atoms with E-state index in [4.69, 9.17) is 5.73 Å². The predicted octanol–water partition coefficient (Wildman–Crippen LogP) is 2.05. The highest BCUT2D eigenvalue weighted by Crippen LogP contribution is 2.23. The molecule has 0 aliphatic rings. The normalized spacial score (nSPS) is 10.8. The first-order valence-electron chi connectivity index (χ1n) is 3.23. The van der Waals surface area contributed by atoms with Crippen LogP contribution in [0.25, 0.3) is 0 Å². The average molecular weight is 176 g/mol. The molecule has 1 aromatic heterocycles. The molecule has 0 saturated heterocycles. The number of halogens is 3. The zero-order chi connectivity index (χ0) is 9.30. The van der Waals surface area contributed by atoms with E-state index in [0.29, 0.717) is 0 Å². The standard InChI is InChI=1S/C7H7F3N2/c1-3-2-4(11)12-6(5(3)8)7(9)10/h2,7H,1H3,(H2,11,12). The van der Waals surface area contributed by atoms with E-state index in [2.05, 4.69) is 4.98 Å². The van der Waals surface area contributed by atoms with Crippen molar-refractivity contribution in [3.05, 3.63) is 23.1 Å². The van der Waals surface area contributed by atoms with E-state index in [9.17, 15) is 13.2 Å². The van der Waals surface area contributed by atoms with E-state index in [-0.39, 0.29) is 11.4 Å². The minimum absolute atomic E-state index is 0.0813. The second kappa shape index (κ2) is 3.00. The molecule has 0 aliphatic heterocycles. The van der Waals surface area contributed by atoms with Crippen molar-refractivity contribution in [1.82, 2.24) is 4.98 Å². The summed E-state index contributed by atoms with van der Waals surface area (Å²) in [6.07, 6.45) is -2.92. The van der Waals surface area contributed by atoms with Crippen LogP contribution >= 0.6 is 0 Å². The highest BCUT2D eigenvalue weighted by Gasteiger charge is 2.17. The lowest BCUT2D eigenvalue weighted by molar-refractivity contribution is 0.140. The third-order valence-corrected chi connectivity index (χ3v) is 1.39. The minimum Gasteiger partial charge on any atom is -0.384 e. The quantitative estimate of drug-likeness (QED) is 0.711. The molecule has 0 radical (unpaired) electrons. The van der Waals surface area contributed by atoms with E-state index >= 15 is 0 Å². The molecule has 1 aromatic rings. The lowest BCUT2D eigenvalue weighted by atomic mass is 10.2. The molecule has 0 bridgehead atoms. The fourth-order valence-corrected chi connectivity index (χ4v) is 0.852. The number of hydrogen-bond acceptors (Lipinski definition) is 2. The van der Waals surface area contributed by atoms with E-state index < -0.39 is 17.9 Å². The smallest absolute Gasteiger partial charge is 0.283 e. The van der Waals surface area contributed by atoms with Gasteiger partial charge in [-0.3, -0.25) is 0 Å². The molecule has 0 aliphatic carbocycles. The Hall–Kier alpha value is -1.26. The number of aryl methyl sites for hydroxylation is 1. The molecular formula is C7H7F3N2. The molecule has 0 aromatic carbocycles. The van der Waals surface area contributed by atoms with Gasteiger partial charge >= 0.3 is 0 Å². The summed E-state index contributed by atoms with van der Waals surface area (Å²) in [5.74, 6) is -1.08. The Morgan fingerprint density at radius 1 is 1.50 bits per heavy atom. The number of hydrogen-bond donors (Lipinski definition) is 1. The van der Waals surface area contributed by atoms with Crippen LogP contribution in [0.5, 0.6) is 0 Å². The molecule has 0 spiro atoms. The third kappa shape index (κ3) is 1.49. The van der Waals surface area contributed by atoms with Crippen molar-refractivity contribution >= 4 is 5.82 Å². The van der Waals surface area contributed by atoms with Crippen molar-refractivity contribution in [3.63, 3.8) is 0 Å². The summed E-state index contributed by atoms with van der Waals surface area (Å²) in [5.41, 5.74) is 4.35. The molecule has 12 heavy (non-hydrogen) atoms. The van der Waals surface area contributed by atoms with Crippen molar-refractivity contribution < 1.29 is 13.2 Å². The summed E-state index contributed by atoms with van der Waals surface area (Å²) in [5, 5.41) is 0. The Labute approximate surface area is 67.2 Å². The van der Waals surface area contributed by atoms with Crippen LogP contribution in [0.4, 0.5) is 19.0 Å². The van der Waals surface area contributed by atoms with Crippen LogP contribution in [0.3, 0.4) is 0 Å². The molecule has 0 amide bonds. The molecule has 0 saturated carbocycles. The Morgan fingerprint density at radius 2 is 2.08 bits per heavy atom. The molecule has 0 fully saturated rings. The summed E-state index contributed by atoms with van der Waals surface area (Å²) >= 11 is 0. The largest absolute Gasteiger partial charge is 0.384 e. The molecule has 1 rings (SSSR count). The molecule has 1 heterocycles. The summed E-state index contributed by atoms with van der Waals surface area (Å²) in [7, 11) is 0. The van der Waals surface area contributed by atoms with Gasteiger partial charge in [0.2, 0.25) is 0 Å². The van der Waals surface area contributed by atoms with Gasteiger partial charge in [-0.2, -0.15) is 0 Å². The van der Waals surface area contributed by atoms with Gasteiger partial charge in [0.25, 0.3) is 6.43 Å². The van der Waals surface area contributed by atoms with Gasteiger partial charge in [0.05, 0.1) is 0 Å². The molecule has 5 heteroatoms. The maximum Gasteiger partial charge on any atom is 0.283 e. The number of pyridine rings is 1. The van der Waals surface area contributed by atoms with Gasteiger partial charge < -0.3 is 5.73 Å². The number of nitrogen functional groups attached to an aromatic ring is 1. The van der Waals surface area contributed by atoms with E-state index in [1.807, 2.05) is 0 Å². The minimum atomic E-state index is -2.92. The predicted molar refractivity (Wildman–Crippen MR) is 38.3 cm³/mol. The third-order valence-electron chi connectivity index (χ3n) is 1.39. The molecule has 0 unspecified atom stereocenters. The number of rotatable bonds is 1. The van der Waals surface area contributed by atoms with Crippen LogP contribution in [0.15, 0.2) is 6.07 Å². The van der Waals surface area contributed by atoms with Crippen molar-refractivity contribution in [3.8, 4) is 0 Å². The second-order valence-corrected chi connectivity index (χ2v) is 2.36. The summed E-state index contributed by atoms with van der Waals surface area (Å²) in [6.45, 7) is 1.36. The molecular weight excluding hydrogens is 169 g/mol. The van der Waals surface area contributed by atoms with Gasteiger partial charge in [0, 0.05) is 0 Å². The first-order valence-corrected chi connectivity index (χ1v) is 3.23. The van der Waals surface area contributed by atoms with Gasteiger partial charge in [0.1, 0.15) is 11.5 Å². The lowest BCUT2D eigenvalue weighted by Gasteiger charge is -2.04. The van der Waals surface area contributed by atoms with E-state index in [1.165, 1.54) is 13.0 Å². The van der Waals surface area contributed by atoms with Crippen molar-refractivity contribution in [2.24, 2.45) is 0 Å². The Kier molecular flexibility index (Phi) is 2.21. The highest BCUT2D eigenvalue weighted by atomic mass is 19.3. The van der Waals surface area contributed by atoms with Gasteiger partial charge in [-0.1, -0.05) is 0 Å². The SMILES string of the molecule is Cc1cc(N)nc(C(F)F)c1F. The number of anilines is 1. The zero-order valence-corrected chi connectivity index (χ0v) is 6.31. The molecule has 0 atom stereocenters. The summed E-state index contributed by atoms with van der Waals surface area (Å²) in [6, 6.07) is 1.21. The maximum absolute atomic E-state index is 12.8. The fraction of sp³-hybridized carbons (Fsp3) is 0.286. The van der Waals surface area contributed by atoms with E-state index in [1.54, 1.807) is 0 Å². The van der Waals surface area contributed by atoms with Crippen LogP contribution in [0.1, 0.15) is 17.7 Å². The Balaban J connectivity index is 3.28. The Bertz CT molecular complexity index is 299.